The Balaban J connectivity index is 1.65. The predicted molar refractivity (Wildman–Crippen MR) is 127 cm³/mol. The van der Waals surface area contributed by atoms with Crippen molar-refractivity contribution in [3.8, 4) is 0 Å². The van der Waals surface area contributed by atoms with Gasteiger partial charge in [-0.15, -0.1) is 0 Å². The fraction of sp³-hybridized carbons (Fsp3) is 0.458. The Bertz CT molecular complexity index is 1010. The minimum absolute atomic E-state index is 0.0702. The van der Waals surface area contributed by atoms with Crippen molar-refractivity contribution in [3.63, 3.8) is 0 Å². The van der Waals surface area contributed by atoms with Crippen LogP contribution in [-0.2, 0) is 38.6 Å². The highest BCUT2D eigenvalue weighted by molar-refractivity contribution is 7.05. The van der Waals surface area contributed by atoms with E-state index in [1.807, 2.05) is 50.2 Å². The summed E-state index contributed by atoms with van der Waals surface area (Å²) in [6.07, 6.45) is 0.916. The summed E-state index contributed by atoms with van der Waals surface area (Å²) in [5.41, 5.74) is 1.69. The molecular weight excluding hydrogens is 456 g/mol. The van der Waals surface area contributed by atoms with E-state index in [1.165, 1.54) is 11.5 Å². The second-order valence-electron chi connectivity index (χ2n) is 8.64. The van der Waals surface area contributed by atoms with E-state index in [0.717, 1.165) is 16.1 Å². The minimum atomic E-state index is -1.01. The molecule has 3 rings (SSSR count). The summed E-state index contributed by atoms with van der Waals surface area (Å²) < 4.78 is 9.60. The molecule has 2 aromatic rings. The van der Waals surface area contributed by atoms with Gasteiger partial charge < -0.3 is 20.7 Å². The van der Waals surface area contributed by atoms with Crippen LogP contribution in [0.3, 0.4) is 0 Å². The Kier molecular flexibility index (Phi) is 9.15. The maximum Gasteiger partial charge on any atom is 0.408 e. The second-order valence-corrected chi connectivity index (χ2v) is 9.53. The lowest BCUT2D eigenvalue weighted by molar-refractivity contribution is -0.140. The summed E-state index contributed by atoms with van der Waals surface area (Å²) in [6, 6.07) is 9.24. The zero-order valence-corrected chi connectivity index (χ0v) is 20.2. The molecule has 1 aliphatic heterocycles. The van der Waals surface area contributed by atoms with Gasteiger partial charge in [0.25, 0.3) is 5.91 Å². The Hall–Kier alpha value is -3.27. The number of aromatic nitrogens is 1. The maximum absolute atomic E-state index is 13.1. The summed E-state index contributed by atoms with van der Waals surface area (Å²) in [5.74, 6) is -1.88. The molecule has 9 nitrogen and oxygen atoms in total. The van der Waals surface area contributed by atoms with Crippen LogP contribution >= 0.6 is 11.5 Å². The molecule has 1 aromatic heterocycles. The van der Waals surface area contributed by atoms with Gasteiger partial charge in [0.1, 0.15) is 12.6 Å². The normalized spacial score (nSPS) is 17.3. The number of benzene rings is 1. The van der Waals surface area contributed by atoms with E-state index >= 15 is 0 Å². The molecule has 2 atom stereocenters. The van der Waals surface area contributed by atoms with Crippen molar-refractivity contribution in [3.05, 3.63) is 52.5 Å². The topological polar surface area (TPSA) is 126 Å². The first-order chi connectivity index (χ1) is 16.3. The number of amides is 3. The average Bonchev–Trinajstić information content (AvgIpc) is 3.26. The summed E-state index contributed by atoms with van der Waals surface area (Å²) in [7, 11) is 0. The van der Waals surface area contributed by atoms with Gasteiger partial charge in [-0.3, -0.25) is 14.4 Å². The van der Waals surface area contributed by atoms with E-state index in [2.05, 4.69) is 20.3 Å². The molecule has 3 N–H and O–H groups in total. The van der Waals surface area contributed by atoms with Gasteiger partial charge in [-0.1, -0.05) is 44.2 Å². The van der Waals surface area contributed by atoms with Crippen LogP contribution in [0.4, 0.5) is 4.79 Å². The number of hydrogen-bond acceptors (Lipinski definition) is 7. The molecule has 0 saturated carbocycles. The number of rotatable bonds is 7. The average molecular weight is 487 g/mol. The summed E-state index contributed by atoms with van der Waals surface area (Å²) in [6.45, 7) is 4.20. The van der Waals surface area contributed by atoms with E-state index < -0.39 is 35.8 Å². The summed E-state index contributed by atoms with van der Waals surface area (Å²) in [5, 5.41) is 7.88. The first-order valence-electron chi connectivity index (χ1n) is 11.4. The van der Waals surface area contributed by atoms with Gasteiger partial charge in [0.15, 0.2) is 0 Å². The lowest BCUT2D eigenvalue weighted by atomic mass is 10.0. The SMILES string of the molecule is CC(C)CC(NC(=O)OCc1ccccc1)C(=O)NC1CCc2cc(ns2)CCNC(=O)C1=O. The molecule has 0 radical (unpaired) electrons. The molecule has 2 unspecified atom stereocenters. The highest BCUT2D eigenvalue weighted by Crippen LogP contribution is 2.15. The summed E-state index contributed by atoms with van der Waals surface area (Å²) in [4.78, 5) is 51.5. The van der Waals surface area contributed by atoms with E-state index in [0.29, 0.717) is 25.8 Å². The van der Waals surface area contributed by atoms with Crippen LogP contribution in [0.5, 0.6) is 0 Å². The zero-order valence-electron chi connectivity index (χ0n) is 19.3. The predicted octanol–water partition coefficient (Wildman–Crippen LogP) is 2.14. The molecule has 0 fully saturated rings. The first kappa shape index (κ1) is 25.4. The van der Waals surface area contributed by atoms with Crippen LogP contribution in [0, 0.1) is 5.92 Å². The molecule has 0 aliphatic carbocycles. The van der Waals surface area contributed by atoms with Crippen LogP contribution < -0.4 is 16.0 Å². The number of aryl methyl sites for hydroxylation is 1. The third-order valence-electron chi connectivity index (χ3n) is 5.34. The monoisotopic (exact) mass is 486 g/mol. The molecule has 10 heteroatoms. The van der Waals surface area contributed by atoms with Gasteiger partial charge in [-0.05, 0) is 48.3 Å². The van der Waals surface area contributed by atoms with E-state index in [9.17, 15) is 19.2 Å². The minimum Gasteiger partial charge on any atom is -0.445 e. The standard InChI is InChI=1S/C24H30N4O5S/c1-15(2)12-20(27-24(32)33-14-16-6-4-3-5-7-16)22(30)26-19-9-8-18-13-17(28-34-18)10-11-25-23(31)21(19)29/h3-7,13,15,19-20H,8-12,14H2,1-2H3,(H,25,31)(H,26,30)(H,27,32). The molecule has 0 saturated heterocycles. The maximum atomic E-state index is 13.1. The number of ether oxygens (including phenoxy) is 1. The lowest BCUT2D eigenvalue weighted by Crippen LogP contribution is -2.54. The lowest BCUT2D eigenvalue weighted by Gasteiger charge is -2.23. The molecule has 34 heavy (non-hydrogen) atoms. The quantitative estimate of drug-likeness (QED) is 0.515. The molecule has 3 amide bonds. The summed E-state index contributed by atoms with van der Waals surface area (Å²) >= 11 is 1.35. The number of hydrogen-bond donors (Lipinski definition) is 3. The number of carbonyl (C=O) groups is 4. The van der Waals surface area contributed by atoms with Crippen molar-refractivity contribution in [1.29, 1.82) is 0 Å². The Labute approximate surface area is 202 Å². The second kappa shape index (κ2) is 12.3. The highest BCUT2D eigenvalue weighted by atomic mass is 32.1. The van der Waals surface area contributed by atoms with Crippen molar-refractivity contribution in [2.24, 2.45) is 5.92 Å². The molecule has 1 aromatic carbocycles. The third kappa shape index (κ3) is 7.65. The first-order valence-corrected chi connectivity index (χ1v) is 12.1. The Morgan fingerprint density at radius 1 is 1.21 bits per heavy atom. The van der Waals surface area contributed by atoms with Gasteiger partial charge in [0.05, 0.1) is 11.7 Å². The van der Waals surface area contributed by atoms with Crippen molar-refractivity contribution in [1.82, 2.24) is 20.3 Å². The van der Waals surface area contributed by atoms with E-state index in [-0.39, 0.29) is 18.9 Å². The Morgan fingerprint density at radius 3 is 2.71 bits per heavy atom. The third-order valence-corrected chi connectivity index (χ3v) is 6.22. The molecule has 1 aliphatic rings. The smallest absolute Gasteiger partial charge is 0.408 e. The van der Waals surface area contributed by atoms with Gasteiger partial charge in [0, 0.05) is 17.8 Å². The van der Waals surface area contributed by atoms with Crippen molar-refractivity contribution >= 4 is 35.2 Å². The van der Waals surface area contributed by atoms with Crippen LogP contribution in [0.15, 0.2) is 36.4 Å². The van der Waals surface area contributed by atoms with Crippen LogP contribution in [0.25, 0.3) is 0 Å². The molecule has 0 spiro atoms. The van der Waals surface area contributed by atoms with Crippen LogP contribution in [0.1, 0.15) is 42.8 Å². The fourth-order valence-electron chi connectivity index (χ4n) is 3.58. The molecular formula is C24H30N4O5S. The van der Waals surface area contributed by atoms with Gasteiger partial charge in [-0.2, -0.15) is 4.37 Å². The number of fused-ring (bicyclic) bond motifs is 2. The van der Waals surface area contributed by atoms with Gasteiger partial charge in [-0.25, -0.2) is 4.79 Å². The number of Topliss-reactive ketones (excluding diaryl/α,β-unsaturated/α-hetero) is 1. The van der Waals surface area contributed by atoms with Crippen LogP contribution in [0.2, 0.25) is 0 Å². The number of nitrogens with one attached hydrogen (secondary N) is 3. The molecule has 2 heterocycles. The van der Waals surface area contributed by atoms with E-state index in [4.69, 9.17) is 4.74 Å². The van der Waals surface area contributed by atoms with Crippen molar-refractivity contribution in [2.75, 3.05) is 6.54 Å². The van der Waals surface area contributed by atoms with Gasteiger partial charge in [0.2, 0.25) is 11.7 Å². The Morgan fingerprint density at radius 2 is 1.97 bits per heavy atom. The van der Waals surface area contributed by atoms with Crippen LogP contribution in [-0.4, -0.2) is 46.7 Å². The fourth-order valence-corrected chi connectivity index (χ4v) is 4.35. The molecule has 2 bridgehead atoms. The number of alkyl carbamates (subject to hydrolysis) is 1. The number of nitrogens with zero attached hydrogens (tertiary/aromatic N) is 1. The largest absolute Gasteiger partial charge is 0.445 e. The van der Waals surface area contributed by atoms with Crippen molar-refractivity contribution < 1.29 is 23.9 Å². The number of carbonyl (C=O) groups excluding carboxylic acids is 4. The van der Waals surface area contributed by atoms with Crippen molar-refractivity contribution in [2.45, 2.75) is 58.2 Å². The van der Waals surface area contributed by atoms with E-state index in [1.54, 1.807) is 0 Å². The molecule has 182 valence electrons. The van der Waals surface area contributed by atoms with Gasteiger partial charge >= 0.3 is 6.09 Å². The number of ketones is 1. The zero-order chi connectivity index (χ0) is 24.5. The highest BCUT2D eigenvalue weighted by Gasteiger charge is 2.31.